The molecule has 0 aliphatic rings. The zero-order valence-corrected chi connectivity index (χ0v) is 12.9. The van der Waals surface area contributed by atoms with Gasteiger partial charge in [-0.2, -0.15) is 0 Å². The van der Waals surface area contributed by atoms with Gasteiger partial charge in [-0.25, -0.2) is 4.39 Å². The molecule has 0 atom stereocenters. The van der Waals surface area contributed by atoms with Crippen molar-refractivity contribution in [3.63, 3.8) is 0 Å². The summed E-state index contributed by atoms with van der Waals surface area (Å²) >= 11 is 0. The molecule has 1 amide bonds. The summed E-state index contributed by atoms with van der Waals surface area (Å²) in [6, 6.07) is 7.61. The van der Waals surface area contributed by atoms with E-state index in [0.29, 0.717) is 24.6 Å². The van der Waals surface area contributed by atoms with Crippen LogP contribution in [0.4, 0.5) is 4.39 Å². The highest BCUT2D eigenvalue weighted by atomic mass is 19.1. The fraction of sp³-hybridized carbons (Fsp3) is 0.375. The molecule has 0 radical (unpaired) electrons. The molecule has 0 saturated heterocycles. The second-order valence-electron chi connectivity index (χ2n) is 4.88. The third-order valence-corrected chi connectivity index (χ3v) is 3.02. The first-order valence-electron chi connectivity index (χ1n) is 7.24. The van der Waals surface area contributed by atoms with Gasteiger partial charge in [0.25, 0.3) is 0 Å². The molecule has 0 spiro atoms. The quantitative estimate of drug-likeness (QED) is 0.716. The molecular weight excluding hydrogens is 303 g/mol. The van der Waals surface area contributed by atoms with Crippen molar-refractivity contribution in [3.8, 4) is 11.3 Å². The molecule has 7 heteroatoms. The lowest BCUT2D eigenvalue weighted by Crippen LogP contribution is -2.29. The van der Waals surface area contributed by atoms with Crippen LogP contribution in [-0.4, -0.2) is 37.9 Å². The van der Waals surface area contributed by atoms with Crippen LogP contribution < -0.4 is 5.32 Å². The maximum atomic E-state index is 12.9. The third kappa shape index (κ3) is 5.80. The first-order valence-corrected chi connectivity index (χ1v) is 7.24. The number of carbonyl (C=O) groups excluding carboxylic acids is 1. The van der Waals surface area contributed by atoms with Crippen LogP contribution in [0.2, 0.25) is 0 Å². The van der Waals surface area contributed by atoms with Crippen molar-refractivity contribution in [1.82, 2.24) is 10.5 Å². The number of hydrogen-bond donors (Lipinski definition) is 1. The van der Waals surface area contributed by atoms with Gasteiger partial charge in [-0.1, -0.05) is 5.16 Å². The lowest BCUT2D eigenvalue weighted by atomic mass is 10.1. The van der Waals surface area contributed by atoms with Gasteiger partial charge in [0, 0.05) is 31.9 Å². The maximum Gasteiger partial charge on any atom is 0.246 e. The number of nitrogens with one attached hydrogen (secondary N) is 1. The molecule has 1 N–H and O–H groups in total. The zero-order valence-electron chi connectivity index (χ0n) is 12.9. The number of amides is 1. The molecule has 0 unspecified atom stereocenters. The van der Waals surface area contributed by atoms with E-state index in [1.165, 1.54) is 12.1 Å². The third-order valence-electron chi connectivity index (χ3n) is 3.02. The van der Waals surface area contributed by atoms with Crippen LogP contribution in [0.25, 0.3) is 11.3 Å². The van der Waals surface area contributed by atoms with E-state index in [9.17, 15) is 9.18 Å². The van der Waals surface area contributed by atoms with E-state index in [0.717, 1.165) is 12.0 Å². The van der Waals surface area contributed by atoms with Crippen molar-refractivity contribution in [3.05, 3.63) is 41.8 Å². The summed E-state index contributed by atoms with van der Waals surface area (Å²) in [6.07, 6.45) is 0.757. The molecule has 0 aliphatic carbocycles. The number of nitrogens with zero attached hydrogens (tertiary/aromatic N) is 1. The van der Waals surface area contributed by atoms with Crippen molar-refractivity contribution >= 4 is 5.91 Å². The normalized spacial score (nSPS) is 10.7. The monoisotopic (exact) mass is 322 g/mol. The number of methoxy groups -OCH3 is 1. The highest BCUT2D eigenvalue weighted by molar-refractivity contribution is 5.77. The Morgan fingerprint density at radius 3 is 2.87 bits per heavy atom. The summed E-state index contributed by atoms with van der Waals surface area (Å²) in [6.45, 7) is 1.27. The van der Waals surface area contributed by atoms with Gasteiger partial charge in [0.05, 0.1) is 6.61 Å². The summed E-state index contributed by atoms with van der Waals surface area (Å²) in [4.78, 5) is 11.5. The molecule has 0 aliphatic heterocycles. The van der Waals surface area contributed by atoms with Crippen molar-refractivity contribution in [1.29, 1.82) is 0 Å². The van der Waals surface area contributed by atoms with Crippen LogP contribution in [0, 0.1) is 5.82 Å². The molecule has 1 heterocycles. The van der Waals surface area contributed by atoms with Crippen molar-refractivity contribution in [2.75, 3.05) is 26.9 Å². The van der Waals surface area contributed by atoms with Gasteiger partial charge in [0.1, 0.15) is 18.1 Å². The fourth-order valence-electron chi connectivity index (χ4n) is 1.87. The molecule has 6 nitrogen and oxygen atoms in total. The highest BCUT2D eigenvalue weighted by Gasteiger charge is 2.08. The number of benzene rings is 1. The molecular formula is C16H19FN2O4. The van der Waals surface area contributed by atoms with Gasteiger partial charge in [0.2, 0.25) is 5.91 Å². The maximum absolute atomic E-state index is 12.9. The van der Waals surface area contributed by atoms with E-state index in [-0.39, 0.29) is 24.9 Å². The molecule has 0 bridgehead atoms. The first kappa shape index (κ1) is 17.1. The Bertz CT molecular complexity index is 613. The van der Waals surface area contributed by atoms with Crippen molar-refractivity contribution < 1.29 is 23.2 Å². The van der Waals surface area contributed by atoms with Gasteiger partial charge in [-0.05, 0) is 30.7 Å². The number of rotatable bonds is 9. The van der Waals surface area contributed by atoms with E-state index in [4.69, 9.17) is 14.0 Å². The van der Waals surface area contributed by atoms with E-state index >= 15 is 0 Å². The lowest BCUT2D eigenvalue weighted by molar-refractivity contribution is -0.126. The Kier molecular flexibility index (Phi) is 6.71. The number of halogens is 1. The van der Waals surface area contributed by atoms with E-state index < -0.39 is 0 Å². The van der Waals surface area contributed by atoms with Crippen LogP contribution in [-0.2, 0) is 20.9 Å². The Hall–Kier alpha value is -2.25. The summed E-state index contributed by atoms with van der Waals surface area (Å²) in [5.41, 5.74) is 1.29. The predicted octanol–water partition coefficient (Wildman–Crippen LogP) is 2.15. The van der Waals surface area contributed by atoms with Gasteiger partial charge >= 0.3 is 0 Å². The van der Waals surface area contributed by atoms with Crippen molar-refractivity contribution in [2.45, 2.75) is 13.0 Å². The van der Waals surface area contributed by atoms with E-state index in [1.807, 2.05) is 0 Å². The average Bonchev–Trinajstić information content (AvgIpc) is 3.01. The summed E-state index contributed by atoms with van der Waals surface area (Å²) in [5.74, 6) is 0.0179. The summed E-state index contributed by atoms with van der Waals surface area (Å²) < 4.78 is 28.2. The Morgan fingerprint density at radius 2 is 2.13 bits per heavy atom. The standard InChI is InChI=1S/C16H19FN2O4/c1-21-8-2-7-18-16(20)11-22-10-14-9-15(23-19-14)12-3-5-13(17)6-4-12/h3-6,9H,2,7-8,10-11H2,1H3,(H,18,20). The predicted molar refractivity (Wildman–Crippen MR) is 81.1 cm³/mol. The van der Waals surface area contributed by atoms with Crippen LogP contribution in [0.3, 0.4) is 0 Å². The lowest BCUT2D eigenvalue weighted by Gasteiger charge is -2.04. The Labute approximate surface area is 133 Å². The molecule has 1 aromatic carbocycles. The molecule has 2 aromatic rings. The summed E-state index contributed by atoms with van der Waals surface area (Å²) in [7, 11) is 1.61. The van der Waals surface area contributed by atoms with Gasteiger partial charge in [0.15, 0.2) is 5.76 Å². The molecule has 1 aromatic heterocycles. The number of carbonyl (C=O) groups is 1. The topological polar surface area (TPSA) is 73.6 Å². The summed E-state index contributed by atoms with van der Waals surface area (Å²) in [5, 5.41) is 6.57. The van der Waals surface area contributed by atoms with Crippen molar-refractivity contribution in [2.24, 2.45) is 0 Å². The molecule has 2 rings (SSSR count). The number of ether oxygens (including phenoxy) is 2. The second-order valence-corrected chi connectivity index (χ2v) is 4.88. The zero-order chi connectivity index (χ0) is 16.5. The number of hydrogen-bond acceptors (Lipinski definition) is 5. The number of aromatic nitrogens is 1. The minimum absolute atomic E-state index is 0.0499. The minimum atomic E-state index is -0.312. The van der Waals surface area contributed by atoms with Crippen LogP contribution in [0.1, 0.15) is 12.1 Å². The van der Waals surface area contributed by atoms with Gasteiger partial charge in [-0.15, -0.1) is 0 Å². The second kappa shape index (κ2) is 9.02. The minimum Gasteiger partial charge on any atom is -0.385 e. The first-order chi connectivity index (χ1) is 11.2. The van der Waals surface area contributed by atoms with E-state index in [1.54, 1.807) is 25.3 Å². The van der Waals surface area contributed by atoms with Gasteiger partial charge in [-0.3, -0.25) is 4.79 Å². The largest absolute Gasteiger partial charge is 0.385 e. The highest BCUT2D eigenvalue weighted by Crippen LogP contribution is 2.20. The fourth-order valence-corrected chi connectivity index (χ4v) is 1.87. The average molecular weight is 322 g/mol. The van der Waals surface area contributed by atoms with Crippen LogP contribution >= 0.6 is 0 Å². The molecule has 0 saturated carbocycles. The molecule has 0 fully saturated rings. The smallest absolute Gasteiger partial charge is 0.246 e. The molecule has 23 heavy (non-hydrogen) atoms. The Balaban J connectivity index is 1.72. The molecule has 124 valence electrons. The van der Waals surface area contributed by atoms with E-state index in [2.05, 4.69) is 10.5 Å². The van der Waals surface area contributed by atoms with Crippen LogP contribution in [0.5, 0.6) is 0 Å². The van der Waals surface area contributed by atoms with Crippen LogP contribution in [0.15, 0.2) is 34.9 Å². The van der Waals surface area contributed by atoms with Gasteiger partial charge < -0.3 is 19.3 Å². The Morgan fingerprint density at radius 1 is 1.35 bits per heavy atom. The SMILES string of the molecule is COCCCNC(=O)COCc1cc(-c2ccc(F)cc2)on1.